The van der Waals surface area contributed by atoms with E-state index in [0.717, 1.165) is 13.1 Å². The minimum atomic E-state index is -0.992. The van der Waals surface area contributed by atoms with E-state index in [9.17, 15) is 14.7 Å². The Labute approximate surface area is 153 Å². The first-order valence-electron chi connectivity index (χ1n) is 8.94. The Morgan fingerprint density at radius 1 is 0.846 bits per heavy atom. The van der Waals surface area contributed by atoms with Gasteiger partial charge in [0.25, 0.3) is 5.91 Å². The van der Waals surface area contributed by atoms with Crippen LogP contribution in [0.5, 0.6) is 0 Å². The number of carbonyl (C=O) groups is 2. The van der Waals surface area contributed by atoms with E-state index >= 15 is 0 Å². The summed E-state index contributed by atoms with van der Waals surface area (Å²) in [5.74, 6) is -1.03. The summed E-state index contributed by atoms with van der Waals surface area (Å²) in [5.41, 5.74) is 2.00. The van der Waals surface area contributed by atoms with Crippen LogP contribution < -0.4 is 0 Å². The maximum absolute atomic E-state index is 13.1. The summed E-state index contributed by atoms with van der Waals surface area (Å²) in [4.78, 5) is 28.9. The number of amides is 1. The lowest BCUT2D eigenvalue weighted by molar-refractivity contribution is 0.0595. The molecule has 0 aromatic heterocycles. The average Bonchev–Trinajstić information content (AvgIpc) is 2.67. The van der Waals surface area contributed by atoms with E-state index in [0.29, 0.717) is 35.8 Å². The van der Waals surface area contributed by atoms with Gasteiger partial charge in [0, 0.05) is 37.8 Å². The third-order valence-electron chi connectivity index (χ3n) is 4.94. The van der Waals surface area contributed by atoms with Gasteiger partial charge in [0.05, 0.1) is 5.56 Å². The molecule has 1 aliphatic heterocycles. The number of carbonyl (C=O) groups excluding carboxylic acids is 1. The fraction of sp³-hybridized carbons (Fsp3) is 0.333. The zero-order valence-corrected chi connectivity index (χ0v) is 15.2. The molecule has 0 saturated carbocycles. The van der Waals surface area contributed by atoms with Crippen molar-refractivity contribution in [2.45, 2.75) is 19.9 Å². The highest BCUT2D eigenvalue weighted by Gasteiger charge is 2.25. The quantitative estimate of drug-likeness (QED) is 0.918. The summed E-state index contributed by atoms with van der Waals surface area (Å²) in [6.45, 7) is 7.41. The molecule has 0 atom stereocenters. The lowest BCUT2D eigenvalue weighted by Crippen LogP contribution is -2.50. The molecule has 5 nitrogen and oxygen atoms in total. The molecule has 26 heavy (non-hydrogen) atoms. The smallest absolute Gasteiger partial charge is 0.336 e. The Hall–Kier alpha value is -2.66. The number of aromatic carboxylic acids is 1. The molecule has 2 aromatic carbocycles. The first-order chi connectivity index (χ1) is 12.5. The highest BCUT2D eigenvalue weighted by Crippen LogP contribution is 2.28. The van der Waals surface area contributed by atoms with Gasteiger partial charge in [0.2, 0.25) is 0 Å². The lowest BCUT2D eigenvalue weighted by Gasteiger charge is -2.37. The first kappa shape index (κ1) is 18.1. The summed E-state index contributed by atoms with van der Waals surface area (Å²) >= 11 is 0. The minimum absolute atomic E-state index is 0.0378. The van der Waals surface area contributed by atoms with Crippen LogP contribution in [0.3, 0.4) is 0 Å². The molecular formula is C21H24N2O3. The van der Waals surface area contributed by atoms with Gasteiger partial charge in [-0.25, -0.2) is 4.79 Å². The van der Waals surface area contributed by atoms with Crippen LogP contribution in [0.1, 0.15) is 34.6 Å². The normalized spacial score (nSPS) is 15.3. The fourth-order valence-electron chi connectivity index (χ4n) is 3.42. The number of hydrogen-bond acceptors (Lipinski definition) is 3. The second kappa shape index (κ2) is 7.70. The van der Waals surface area contributed by atoms with Crippen LogP contribution in [0.25, 0.3) is 11.1 Å². The molecule has 1 fully saturated rings. The van der Waals surface area contributed by atoms with Crippen molar-refractivity contribution < 1.29 is 14.7 Å². The molecule has 5 heteroatoms. The molecule has 0 radical (unpaired) electrons. The molecule has 136 valence electrons. The van der Waals surface area contributed by atoms with Crippen LogP contribution in [0.15, 0.2) is 48.5 Å². The van der Waals surface area contributed by atoms with E-state index in [2.05, 4.69) is 18.7 Å². The second-order valence-electron chi connectivity index (χ2n) is 6.82. The molecule has 1 aliphatic rings. The van der Waals surface area contributed by atoms with E-state index in [4.69, 9.17) is 0 Å². The van der Waals surface area contributed by atoms with Crippen molar-refractivity contribution in [3.05, 3.63) is 59.7 Å². The third kappa shape index (κ3) is 3.63. The van der Waals surface area contributed by atoms with E-state index in [1.54, 1.807) is 30.3 Å². The summed E-state index contributed by atoms with van der Waals surface area (Å²) in [7, 11) is 0. The largest absolute Gasteiger partial charge is 0.478 e. The van der Waals surface area contributed by atoms with Gasteiger partial charge in [0.1, 0.15) is 0 Å². The zero-order chi connectivity index (χ0) is 18.7. The van der Waals surface area contributed by atoms with E-state index in [-0.39, 0.29) is 11.5 Å². The number of benzene rings is 2. The summed E-state index contributed by atoms with van der Waals surface area (Å²) < 4.78 is 0. The number of carboxylic acids is 1. The minimum Gasteiger partial charge on any atom is -0.478 e. The highest BCUT2D eigenvalue weighted by atomic mass is 16.4. The van der Waals surface area contributed by atoms with Crippen LogP contribution in [0.4, 0.5) is 0 Å². The molecule has 0 spiro atoms. The van der Waals surface area contributed by atoms with Crippen molar-refractivity contribution in [2.75, 3.05) is 26.2 Å². The predicted octanol–water partition coefficient (Wildman–Crippen LogP) is 3.22. The summed E-state index contributed by atoms with van der Waals surface area (Å²) in [6.07, 6.45) is 0. The van der Waals surface area contributed by atoms with Crippen LogP contribution in [0, 0.1) is 0 Å². The molecule has 3 rings (SSSR count). The topological polar surface area (TPSA) is 60.9 Å². The Bertz CT molecular complexity index is 808. The van der Waals surface area contributed by atoms with Crippen molar-refractivity contribution in [3.63, 3.8) is 0 Å². The van der Waals surface area contributed by atoms with Crippen LogP contribution in [0.2, 0.25) is 0 Å². The maximum atomic E-state index is 13.1. The van der Waals surface area contributed by atoms with Gasteiger partial charge in [-0.15, -0.1) is 0 Å². The Morgan fingerprint density at radius 3 is 1.88 bits per heavy atom. The fourth-order valence-corrected chi connectivity index (χ4v) is 3.42. The molecule has 0 unspecified atom stereocenters. The Balaban J connectivity index is 1.91. The maximum Gasteiger partial charge on any atom is 0.336 e. The molecule has 2 aromatic rings. The number of nitrogens with zero attached hydrogens (tertiary/aromatic N) is 2. The SMILES string of the molecule is CC(C)N1CCN(C(=O)c2ccccc2-c2ccccc2C(=O)O)CC1. The van der Waals surface area contributed by atoms with E-state index in [1.807, 2.05) is 23.1 Å². The van der Waals surface area contributed by atoms with Crippen LogP contribution in [-0.2, 0) is 0 Å². The standard InChI is InChI=1S/C21H24N2O3/c1-15(2)22-11-13-23(14-12-22)20(24)18-9-5-3-7-16(18)17-8-4-6-10-19(17)21(25)26/h3-10,15H,11-14H2,1-2H3,(H,25,26). The molecule has 1 saturated heterocycles. The molecule has 0 bridgehead atoms. The average molecular weight is 352 g/mol. The van der Waals surface area contributed by atoms with Crippen LogP contribution in [-0.4, -0.2) is 59.0 Å². The molecule has 1 amide bonds. The highest BCUT2D eigenvalue weighted by molar-refractivity contribution is 6.04. The van der Waals surface area contributed by atoms with Crippen molar-refractivity contribution in [1.29, 1.82) is 0 Å². The van der Waals surface area contributed by atoms with Gasteiger partial charge in [0.15, 0.2) is 0 Å². The summed E-state index contributed by atoms with van der Waals surface area (Å²) in [5, 5.41) is 9.49. The van der Waals surface area contributed by atoms with Crippen molar-refractivity contribution in [3.8, 4) is 11.1 Å². The van der Waals surface area contributed by atoms with Crippen molar-refractivity contribution in [1.82, 2.24) is 9.80 Å². The number of hydrogen-bond donors (Lipinski definition) is 1. The van der Waals surface area contributed by atoms with Gasteiger partial charge in [-0.2, -0.15) is 0 Å². The molecule has 1 N–H and O–H groups in total. The predicted molar refractivity (Wildman–Crippen MR) is 101 cm³/mol. The Kier molecular flexibility index (Phi) is 5.38. The van der Waals surface area contributed by atoms with Gasteiger partial charge in [-0.3, -0.25) is 9.69 Å². The number of carboxylic acid groups (broad SMARTS) is 1. The Morgan fingerprint density at radius 2 is 1.35 bits per heavy atom. The first-order valence-corrected chi connectivity index (χ1v) is 8.94. The van der Waals surface area contributed by atoms with Crippen molar-refractivity contribution in [2.24, 2.45) is 0 Å². The van der Waals surface area contributed by atoms with E-state index < -0.39 is 5.97 Å². The lowest BCUT2D eigenvalue weighted by atomic mass is 9.94. The molecule has 0 aliphatic carbocycles. The van der Waals surface area contributed by atoms with Gasteiger partial charge >= 0.3 is 5.97 Å². The summed E-state index contributed by atoms with van der Waals surface area (Å²) in [6, 6.07) is 14.6. The zero-order valence-electron chi connectivity index (χ0n) is 15.2. The van der Waals surface area contributed by atoms with Gasteiger partial charge < -0.3 is 10.0 Å². The monoisotopic (exact) mass is 352 g/mol. The number of piperazine rings is 1. The second-order valence-corrected chi connectivity index (χ2v) is 6.82. The van der Waals surface area contributed by atoms with Gasteiger partial charge in [-0.1, -0.05) is 36.4 Å². The van der Waals surface area contributed by atoms with E-state index in [1.165, 1.54) is 0 Å². The van der Waals surface area contributed by atoms with Gasteiger partial charge in [-0.05, 0) is 37.1 Å². The number of rotatable bonds is 4. The van der Waals surface area contributed by atoms with Crippen molar-refractivity contribution >= 4 is 11.9 Å². The molecular weight excluding hydrogens is 328 g/mol. The van der Waals surface area contributed by atoms with Crippen LogP contribution >= 0.6 is 0 Å². The molecule has 1 heterocycles. The third-order valence-corrected chi connectivity index (χ3v) is 4.94.